The van der Waals surface area contributed by atoms with Gasteiger partial charge >= 0.3 is 5.69 Å². The smallest absolute Gasteiger partial charge is 0.325 e. The van der Waals surface area contributed by atoms with E-state index in [1.165, 1.54) is 12.1 Å². The van der Waals surface area contributed by atoms with Crippen LogP contribution in [-0.4, -0.2) is 30.8 Å². The summed E-state index contributed by atoms with van der Waals surface area (Å²) in [7, 11) is 0. The van der Waals surface area contributed by atoms with Crippen LogP contribution in [0.5, 0.6) is 5.88 Å². The zero-order valence-electron chi connectivity index (χ0n) is 12.8. The van der Waals surface area contributed by atoms with Crippen molar-refractivity contribution in [3.63, 3.8) is 0 Å². The number of aromatic hydroxyl groups is 1. The maximum absolute atomic E-state index is 13.1. The molecule has 0 unspecified atom stereocenters. The van der Waals surface area contributed by atoms with Crippen LogP contribution in [0.1, 0.15) is 5.56 Å². The maximum Gasteiger partial charge on any atom is 0.325 e. The van der Waals surface area contributed by atoms with E-state index in [0.29, 0.717) is 5.69 Å². The van der Waals surface area contributed by atoms with Crippen molar-refractivity contribution in [1.82, 2.24) is 19.5 Å². The van der Waals surface area contributed by atoms with E-state index in [1.807, 2.05) is 4.98 Å². The van der Waals surface area contributed by atoms with Gasteiger partial charge in [0.2, 0.25) is 5.88 Å². The highest BCUT2D eigenvalue weighted by Crippen LogP contribution is 2.19. The summed E-state index contributed by atoms with van der Waals surface area (Å²) in [6, 6.07) is 5.04. The van der Waals surface area contributed by atoms with Crippen molar-refractivity contribution in [2.75, 3.05) is 0 Å². The maximum atomic E-state index is 13.1. The lowest BCUT2D eigenvalue weighted by atomic mass is 10.3. The number of nitrogens with one attached hydrogen (secondary N) is 3. The molecule has 0 saturated carbocycles. The van der Waals surface area contributed by atoms with Crippen LogP contribution >= 0.6 is 12.2 Å². The molecule has 3 rings (SSSR count). The fourth-order valence-electron chi connectivity index (χ4n) is 2.12. The van der Waals surface area contributed by atoms with E-state index in [-0.39, 0.29) is 16.0 Å². The lowest BCUT2D eigenvalue weighted by Crippen LogP contribution is -2.21. The molecule has 0 saturated heterocycles. The van der Waals surface area contributed by atoms with Gasteiger partial charge in [-0.15, -0.1) is 0 Å². The summed E-state index contributed by atoms with van der Waals surface area (Å²) >= 11 is 5.03. The molecule has 2 aromatic heterocycles. The highest BCUT2D eigenvalue weighted by Gasteiger charge is 2.13. The molecule has 0 spiro atoms. The standard InChI is InChI=1S/C15H10FN5O4S/c16-7-1-3-8(4-2-7)21-13(24)9(11(22)20-15(21)26)5-17-10-6-18-14(25)19-12(10)23/h1-6,24H,(H,20,22,26)(H2,18,19,23,25). The first-order chi connectivity index (χ1) is 12.4. The SMILES string of the molecule is O=c1[nH]cc(N=Cc2c(O)n(-c3ccc(F)cc3)c(=S)[nH]c2=O)c(=O)[nH]1. The number of aromatic nitrogens is 4. The molecule has 11 heteroatoms. The Balaban J connectivity index is 2.15. The van der Waals surface area contributed by atoms with Crippen molar-refractivity contribution in [3.8, 4) is 11.6 Å². The Morgan fingerprint density at radius 3 is 2.46 bits per heavy atom. The number of H-pyrrole nitrogens is 3. The van der Waals surface area contributed by atoms with Crippen LogP contribution in [0.25, 0.3) is 5.69 Å². The minimum absolute atomic E-state index is 0.113. The molecule has 2 heterocycles. The molecule has 0 amide bonds. The van der Waals surface area contributed by atoms with Gasteiger partial charge in [-0.25, -0.2) is 14.2 Å². The van der Waals surface area contributed by atoms with Gasteiger partial charge in [-0.3, -0.25) is 24.1 Å². The Kier molecular flexibility index (Phi) is 4.45. The van der Waals surface area contributed by atoms with E-state index in [1.54, 1.807) is 0 Å². The second-order valence-corrected chi connectivity index (χ2v) is 5.41. The van der Waals surface area contributed by atoms with Crippen LogP contribution in [0.2, 0.25) is 0 Å². The largest absolute Gasteiger partial charge is 0.494 e. The number of rotatable bonds is 3. The van der Waals surface area contributed by atoms with Crippen molar-refractivity contribution < 1.29 is 9.50 Å². The van der Waals surface area contributed by atoms with Crippen molar-refractivity contribution in [2.45, 2.75) is 0 Å². The van der Waals surface area contributed by atoms with E-state index in [4.69, 9.17) is 12.2 Å². The lowest BCUT2D eigenvalue weighted by Gasteiger charge is -2.10. The number of aromatic amines is 3. The zero-order chi connectivity index (χ0) is 18.8. The quantitative estimate of drug-likeness (QED) is 0.398. The third kappa shape index (κ3) is 3.28. The van der Waals surface area contributed by atoms with Crippen LogP contribution < -0.4 is 16.8 Å². The lowest BCUT2D eigenvalue weighted by molar-refractivity contribution is 0.432. The monoisotopic (exact) mass is 375 g/mol. The van der Waals surface area contributed by atoms with Gasteiger partial charge in [0.15, 0.2) is 4.77 Å². The first-order valence-electron chi connectivity index (χ1n) is 7.07. The molecular formula is C15H10FN5O4S. The summed E-state index contributed by atoms with van der Waals surface area (Å²) in [6.45, 7) is 0. The number of halogens is 1. The van der Waals surface area contributed by atoms with Crippen molar-refractivity contribution in [3.05, 3.63) is 77.8 Å². The number of hydrogen-bond acceptors (Lipinski definition) is 6. The van der Waals surface area contributed by atoms with Crippen LogP contribution in [0.15, 0.2) is 49.8 Å². The van der Waals surface area contributed by atoms with Gasteiger partial charge in [0, 0.05) is 12.4 Å². The van der Waals surface area contributed by atoms with Crippen molar-refractivity contribution in [1.29, 1.82) is 0 Å². The molecule has 9 nitrogen and oxygen atoms in total. The topological polar surface area (TPSA) is 136 Å². The third-order valence-electron chi connectivity index (χ3n) is 3.34. The van der Waals surface area contributed by atoms with Gasteiger partial charge in [0.1, 0.15) is 17.1 Å². The van der Waals surface area contributed by atoms with Gasteiger partial charge in [-0.1, -0.05) is 0 Å². The van der Waals surface area contributed by atoms with Crippen molar-refractivity contribution in [2.24, 2.45) is 4.99 Å². The number of aliphatic imine (C=N–C) groups is 1. The molecule has 4 N–H and O–H groups in total. The van der Waals surface area contributed by atoms with E-state index < -0.39 is 28.5 Å². The molecule has 0 radical (unpaired) electrons. The molecule has 132 valence electrons. The molecule has 0 fully saturated rings. The fourth-order valence-corrected chi connectivity index (χ4v) is 2.40. The third-order valence-corrected chi connectivity index (χ3v) is 3.62. The number of hydrogen-bond donors (Lipinski definition) is 4. The minimum Gasteiger partial charge on any atom is -0.494 e. The molecule has 0 bridgehead atoms. The summed E-state index contributed by atoms with van der Waals surface area (Å²) in [6.07, 6.45) is 2.00. The Labute approximate surface area is 148 Å². The molecule has 0 aliphatic carbocycles. The molecule has 3 aromatic rings. The minimum atomic E-state index is -0.771. The number of nitrogens with zero attached hydrogens (tertiary/aromatic N) is 2. The molecule has 0 atom stereocenters. The summed E-state index contributed by atoms with van der Waals surface area (Å²) in [5.41, 5.74) is -2.38. The van der Waals surface area contributed by atoms with Crippen LogP contribution in [0.3, 0.4) is 0 Å². The van der Waals surface area contributed by atoms with Gasteiger partial charge < -0.3 is 10.1 Å². The van der Waals surface area contributed by atoms with Gasteiger partial charge in [0.05, 0.1) is 5.69 Å². The Hall–Kier alpha value is -3.60. The Bertz CT molecular complexity index is 1240. The average Bonchev–Trinajstić information content (AvgIpc) is 2.57. The molecular weight excluding hydrogens is 365 g/mol. The number of benzene rings is 1. The zero-order valence-corrected chi connectivity index (χ0v) is 13.6. The predicted molar refractivity (Wildman–Crippen MR) is 93.8 cm³/mol. The second kappa shape index (κ2) is 6.72. The highest BCUT2D eigenvalue weighted by molar-refractivity contribution is 7.71. The van der Waals surface area contributed by atoms with E-state index in [2.05, 4.69) is 15.0 Å². The molecule has 26 heavy (non-hydrogen) atoms. The van der Waals surface area contributed by atoms with Crippen LogP contribution in [-0.2, 0) is 0 Å². The summed E-state index contributed by atoms with van der Waals surface area (Å²) in [4.78, 5) is 45.0. The average molecular weight is 375 g/mol. The second-order valence-electron chi connectivity index (χ2n) is 5.02. The molecule has 1 aromatic carbocycles. The van der Waals surface area contributed by atoms with Crippen LogP contribution in [0.4, 0.5) is 10.1 Å². The van der Waals surface area contributed by atoms with E-state index in [0.717, 1.165) is 29.1 Å². The molecule has 0 aliphatic heterocycles. The summed E-state index contributed by atoms with van der Waals surface area (Å²) in [5.74, 6) is -1.03. The van der Waals surface area contributed by atoms with Gasteiger partial charge in [0.25, 0.3) is 11.1 Å². The molecule has 0 aliphatic rings. The van der Waals surface area contributed by atoms with Gasteiger partial charge in [-0.05, 0) is 36.5 Å². The Morgan fingerprint density at radius 2 is 1.81 bits per heavy atom. The summed E-state index contributed by atoms with van der Waals surface area (Å²) < 4.78 is 14.1. The van der Waals surface area contributed by atoms with Gasteiger partial charge in [-0.2, -0.15) is 0 Å². The van der Waals surface area contributed by atoms with Crippen LogP contribution in [0, 0.1) is 10.6 Å². The van der Waals surface area contributed by atoms with E-state index >= 15 is 0 Å². The highest BCUT2D eigenvalue weighted by atomic mass is 32.1. The predicted octanol–water partition coefficient (Wildman–Crippen LogP) is 0.867. The summed E-state index contributed by atoms with van der Waals surface area (Å²) in [5, 5.41) is 10.4. The first-order valence-corrected chi connectivity index (χ1v) is 7.48. The van der Waals surface area contributed by atoms with E-state index in [9.17, 15) is 23.9 Å². The fraction of sp³-hybridized carbons (Fsp3) is 0. The normalized spacial score (nSPS) is 11.1. The first kappa shape index (κ1) is 17.2. The Morgan fingerprint density at radius 1 is 1.12 bits per heavy atom. The van der Waals surface area contributed by atoms with Crippen molar-refractivity contribution >= 4 is 24.1 Å².